The van der Waals surface area contributed by atoms with Crippen LogP contribution in [0.25, 0.3) is 11.0 Å². The molecule has 0 unspecified atom stereocenters. The molecule has 1 amide bonds. The van der Waals surface area contributed by atoms with Gasteiger partial charge < -0.3 is 14.5 Å². The van der Waals surface area contributed by atoms with Crippen molar-refractivity contribution in [1.29, 1.82) is 0 Å². The van der Waals surface area contributed by atoms with Crippen LogP contribution in [0.15, 0.2) is 52.0 Å². The second-order valence-corrected chi connectivity index (χ2v) is 8.97. The average Bonchev–Trinajstić information content (AvgIpc) is 3.41. The quantitative estimate of drug-likeness (QED) is 0.623. The van der Waals surface area contributed by atoms with E-state index in [2.05, 4.69) is 5.32 Å². The third-order valence-electron chi connectivity index (χ3n) is 5.26. The Labute approximate surface area is 177 Å². The van der Waals surface area contributed by atoms with Crippen LogP contribution in [0.3, 0.4) is 0 Å². The highest BCUT2D eigenvalue weighted by molar-refractivity contribution is 7.89. The molecule has 1 aliphatic heterocycles. The molecule has 31 heavy (non-hydrogen) atoms. The maximum atomic E-state index is 14.3. The van der Waals surface area contributed by atoms with Crippen molar-refractivity contribution in [3.8, 4) is 5.75 Å². The summed E-state index contributed by atoms with van der Waals surface area (Å²) >= 11 is 0. The van der Waals surface area contributed by atoms with Crippen LogP contribution in [0, 0.1) is 11.6 Å². The third-order valence-corrected chi connectivity index (χ3v) is 7.02. The normalized spacial score (nSPS) is 17.2. The van der Waals surface area contributed by atoms with Gasteiger partial charge in [0.1, 0.15) is 11.6 Å². The SMILES string of the molecule is COc1c(F)ccc(CNC(=O)[C@@H]2CCCN2S(=O)(=O)c2cc3ccccc3o2)c1F. The smallest absolute Gasteiger partial charge is 0.277 e. The predicted octanol–water partition coefficient (Wildman–Crippen LogP) is 3.19. The zero-order chi connectivity index (χ0) is 22.2. The van der Waals surface area contributed by atoms with Gasteiger partial charge in [-0.2, -0.15) is 4.31 Å². The molecule has 0 spiro atoms. The van der Waals surface area contributed by atoms with Crippen molar-refractivity contribution in [1.82, 2.24) is 9.62 Å². The lowest BCUT2D eigenvalue weighted by Gasteiger charge is -2.22. The lowest BCUT2D eigenvalue weighted by atomic mass is 10.1. The van der Waals surface area contributed by atoms with E-state index in [1.165, 1.54) is 12.1 Å². The number of benzene rings is 2. The number of rotatable bonds is 6. The number of fused-ring (bicyclic) bond motifs is 1. The van der Waals surface area contributed by atoms with E-state index >= 15 is 0 Å². The summed E-state index contributed by atoms with van der Waals surface area (Å²) in [7, 11) is -2.90. The number of halogens is 2. The largest absolute Gasteiger partial charge is 0.491 e. The summed E-state index contributed by atoms with van der Waals surface area (Å²) in [5.41, 5.74) is 0.457. The Hall–Kier alpha value is -2.98. The molecule has 1 aliphatic rings. The summed E-state index contributed by atoms with van der Waals surface area (Å²) in [4.78, 5) is 12.7. The summed E-state index contributed by atoms with van der Waals surface area (Å²) < 4.78 is 65.4. The monoisotopic (exact) mass is 450 g/mol. The van der Waals surface area contributed by atoms with Gasteiger partial charge in [-0.15, -0.1) is 0 Å². The number of methoxy groups -OCH3 is 1. The predicted molar refractivity (Wildman–Crippen MR) is 108 cm³/mol. The third kappa shape index (κ3) is 3.88. The van der Waals surface area contributed by atoms with Gasteiger partial charge in [-0.3, -0.25) is 4.79 Å². The van der Waals surface area contributed by atoms with Crippen molar-refractivity contribution < 1.29 is 31.1 Å². The molecule has 164 valence electrons. The Morgan fingerprint density at radius 2 is 2.03 bits per heavy atom. The number of carbonyl (C=O) groups excluding carboxylic acids is 1. The molecule has 1 fully saturated rings. The summed E-state index contributed by atoms with van der Waals surface area (Å²) in [5, 5.41) is 2.95. The Morgan fingerprint density at radius 3 is 2.77 bits per heavy atom. The first-order chi connectivity index (χ1) is 14.8. The number of ether oxygens (including phenoxy) is 1. The van der Waals surface area contributed by atoms with Gasteiger partial charge in [-0.25, -0.2) is 17.2 Å². The lowest BCUT2D eigenvalue weighted by Crippen LogP contribution is -2.45. The maximum Gasteiger partial charge on any atom is 0.277 e. The van der Waals surface area contributed by atoms with E-state index in [0.717, 1.165) is 17.5 Å². The maximum absolute atomic E-state index is 14.3. The molecule has 1 N–H and O–H groups in total. The Bertz CT molecular complexity index is 1210. The first-order valence-corrected chi connectivity index (χ1v) is 11.1. The lowest BCUT2D eigenvalue weighted by molar-refractivity contribution is -0.124. The number of carbonyl (C=O) groups is 1. The van der Waals surface area contributed by atoms with Gasteiger partial charge in [-0.05, 0) is 25.0 Å². The van der Waals surface area contributed by atoms with E-state index in [-0.39, 0.29) is 23.7 Å². The molecule has 2 aromatic carbocycles. The number of nitrogens with zero attached hydrogens (tertiary/aromatic N) is 1. The molecule has 0 radical (unpaired) electrons. The minimum absolute atomic E-state index is 0.0243. The average molecular weight is 450 g/mol. The van der Waals surface area contributed by atoms with Crippen molar-refractivity contribution in [2.45, 2.75) is 30.5 Å². The molecule has 4 rings (SSSR count). The molecule has 2 heterocycles. The highest BCUT2D eigenvalue weighted by Crippen LogP contribution is 2.30. The standard InChI is InChI=1S/C21H20F2N2O5S/c1-29-20-15(22)9-8-14(19(20)23)12-24-21(26)16-6-4-10-25(16)31(27,28)18-11-13-5-2-3-7-17(13)30-18/h2-3,5,7-9,11,16H,4,6,10,12H2,1H3,(H,24,26)/t16-/m0/s1. The van der Waals surface area contributed by atoms with Crippen molar-refractivity contribution in [3.63, 3.8) is 0 Å². The van der Waals surface area contributed by atoms with Gasteiger partial charge in [0, 0.05) is 30.1 Å². The van der Waals surface area contributed by atoms with Crippen LogP contribution in [0.4, 0.5) is 8.78 Å². The van der Waals surface area contributed by atoms with Gasteiger partial charge in [0.05, 0.1) is 7.11 Å². The van der Waals surface area contributed by atoms with Crippen LogP contribution < -0.4 is 10.1 Å². The second kappa shape index (κ2) is 8.27. The zero-order valence-electron chi connectivity index (χ0n) is 16.6. The molecule has 0 saturated carbocycles. The molecule has 0 aliphatic carbocycles. The number of hydrogen-bond donors (Lipinski definition) is 1. The van der Waals surface area contributed by atoms with Crippen LogP contribution in [-0.4, -0.2) is 38.3 Å². The Kier molecular flexibility index (Phi) is 5.67. The van der Waals surface area contributed by atoms with Gasteiger partial charge in [0.25, 0.3) is 10.0 Å². The van der Waals surface area contributed by atoms with E-state index in [1.807, 2.05) is 0 Å². The zero-order valence-corrected chi connectivity index (χ0v) is 17.4. The Balaban J connectivity index is 1.52. The number of furan rings is 1. The fourth-order valence-electron chi connectivity index (χ4n) is 3.69. The minimum atomic E-state index is -4.04. The summed E-state index contributed by atoms with van der Waals surface area (Å²) in [5.74, 6) is -2.88. The summed E-state index contributed by atoms with van der Waals surface area (Å²) in [6.07, 6.45) is 0.816. The first kappa shape index (κ1) is 21.3. The number of para-hydroxylation sites is 1. The van der Waals surface area contributed by atoms with E-state index in [1.54, 1.807) is 24.3 Å². The van der Waals surface area contributed by atoms with E-state index < -0.39 is 39.4 Å². The summed E-state index contributed by atoms with van der Waals surface area (Å²) in [6.45, 7) is -0.0769. The number of sulfonamides is 1. The molecule has 10 heteroatoms. The fourth-order valence-corrected chi connectivity index (χ4v) is 5.29. The molecule has 1 saturated heterocycles. The number of nitrogens with one attached hydrogen (secondary N) is 1. The fraction of sp³-hybridized carbons (Fsp3) is 0.286. The Morgan fingerprint density at radius 1 is 1.26 bits per heavy atom. The molecule has 1 aromatic heterocycles. The van der Waals surface area contributed by atoms with Crippen LogP contribution in [0.2, 0.25) is 0 Å². The van der Waals surface area contributed by atoms with Crippen LogP contribution in [-0.2, 0) is 21.4 Å². The molecular weight excluding hydrogens is 430 g/mol. The second-order valence-electron chi connectivity index (χ2n) is 7.15. The molecule has 3 aromatic rings. The van der Waals surface area contributed by atoms with Gasteiger partial charge in [0.15, 0.2) is 17.4 Å². The van der Waals surface area contributed by atoms with Gasteiger partial charge >= 0.3 is 0 Å². The van der Waals surface area contributed by atoms with Crippen LogP contribution >= 0.6 is 0 Å². The van der Waals surface area contributed by atoms with Crippen LogP contribution in [0.5, 0.6) is 5.75 Å². The minimum Gasteiger partial charge on any atom is -0.491 e. The topological polar surface area (TPSA) is 88.9 Å². The molecule has 1 atom stereocenters. The number of amides is 1. The summed E-state index contributed by atoms with van der Waals surface area (Å²) in [6, 6.07) is 9.61. The first-order valence-electron chi connectivity index (χ1n) is 9.62. The van der Waals surface area contributed by atoms with E-state index in [4.69, 9.17) is 9.15 Å². The highest BCUT2D eigenvalue weighted by Gasteiger charge is 2.41. The molecule has 7 nitrogen and oxygen atoms in total. The van der Waals surface area contributed by atoms with Crippen molar-refractivity contribution in [3.05, 3.63) is 59.7 Å². The van der Waals surface area contributed by atoms with E-state index in [0.29, 0.717) is 23.8 Å². The van der Waals surface area contributed by atoms with Crippen molar-refractivity contribution in [2.24, 2.45) is 0 Å². The van der Waals surface area contributed by atoms with Crippen LogP contribution in [0.1, 0.15) is 18.4 Å². The van der Waals surface area contributed by atoms with Gasteiger partial charge in [0.2, 0.25) is 11.0 Å². The van der Waals surface area contributed by atoms with Gasteiger partial charge in [-0.1, -0.05) is 24.3 Å². The molecular formula is C21H20F2N2O5S. The highest BCUT2D eigenvalue weighted by atomic mass is 32.2. The molecule has 0 bridgehead atoms. The van der Waals surface area contributed by atoms with E-state index in [9.17, 15) is 22.0 Å². The number of hydrogen-bond acceptors (Lipinski definition) is 5. The van der Waals surface area contributed by atoms with Crippen molar-refractivity contribution >= 4 is 26.9 Å². The van der Waals surface area contributed by atoms with Crippen molar-refractivity contribution in [2.75, 3.05) is 13.7 Å².